The minimum absolute atomic E-state index is 0.772. The number of benzene rings is 1. The van der Waals surface area contributed by atoms with Crippen LogP contribution in [0.5, 0.6) is 0 Å². The molecule has 0 atom stereocenters. The van der Waals surface area contributed by atoms with Crippen molar-refractivity contribution in [2.45, 2.75) is 0 Å². The van der Waals surface area contributed by atoms with E-state index in [2.05, 4.69) is 30.0 Å². The van der Waals surface area contributed by atoms with Crippen LogP contribution in [-0.4, -0.2) is 40.8 Å². The molecule has 0 amide bonds. The Morgan fingerprint density at radius 1 is 1.18 bits per heavy atom. The van der Waals surface area contributed by atoms with Crippen molar-refractivity contribution in [2.75, 3.05) is 26.2 Å². The summed E-state index contributed by atoms with van der Waals surface area (Å²) >= 11 is 3.46. The zero-order chi connectivity index (χ0) is 12.1. The van der Waals surface area contributed by atoms with Gasteiger partial charge in [0.15, 0.2) is 0 Å². The summed E-state index contributed by atoms with van der Waals surface area (Å²) in [6.07, 6.45) is 1.90. The van der Waals surface area contributed by atoms with E-state index in [0.717, 1.165) is 37.6 Å². The van der Waals surface area contributed by atoms with Crippen molar-refractivity contribution in [1.29, 1.82) is 5.26 Å². The molecular formula is C12H13BrN4. The van der Waals surface area contributed by atoms with E-state index in [9.17, 15) is 0 Å². The standard InChI is InChI=1S/C12H13BrN4/c13-17-8-6-16(7-9-17)12(15-10-14)11-4-2-1-3-5-11/h1-5H,6-9H2. The van der Waals surface area contributed by atoms with Gasteiger partial charge in [-0.25, -0.2) is 3.93 Å². The van der Waals surface area contributed by atoms with Crippen LogP contribution in [0.3, 0.4) is 0 Å². The van der Waals surface area contributed by atoms with Crippen LogP contribution in [0.25, 0.3) is 0 Å². The summed E-state index contributed by atoms with van der Waals surface area (Å²) in [4.78, 5) is 6.11. The molecule has 1 aromatic rings. The van der Waals surface area contributed by atoms with Gasteiger partial charge in [-0.3, -0.25) is 0 Å². The predicted octanol–water partition coefficient (Wildman–Crippen LogP) is 1.84. The summed E-state index contributed by atoms with van der Waals surface area (Å²) in [6, 6.07) is 9.85. The molecule has 4 nitrogen and oxygen atoms in total. The lowest BCUT2D eigenvalue weighted by Gasteiger charge is -2.33. The second-order valence-electron chi connectivity index (χ2n) is 3.80. The van der Waals surface area contributed by atoms with Gasteiger partial charge in [0.05, 0.1) is 0 Å². The van der Waals surface area contributed by atoms with Crippen LogP contribution < -0.4 is 0 Å². The highest BCUT2D eigenvalue weighted by Gasteiger charge is 2.19. The first kappa shape index (κ1) is 12.1. The summed E-state index contributed by atoms with van der Waals surface area (Å²) in [5.74, 6) is 0.772. The van der Waals surface area contributed by atoms with E-state index in [1.165, 1.54) is 0 Å². The Morgan fingerprint density at radius 3 is 2.41 bits per heavy atom. The maximum Gasteiger partial charge on any atom is 0.207 e. The van der Waals surface area contributed by atoms with Crippen LogP contribution in [0.4, 0.5) is 0 Å². The number of nitrogens with zero attached hydrogens (tertiary/aromatic N) is 4. The van der Waals surface area contributed by atoms with E-state index in [1.807, 2.05) is 36.5 Å². The van der Waals surface area contributed by atoms with Gasteiger partial charge in [-0.05, 0) is 0 Å². The number of amidine groups is 1. The quantitative estimate of drug-likeness (QED) is 0.343. The normalized spacial score (nSPS) is 17.9. The van der Waals surface area contributed by atoms with Gasteiger partial charge < -0.3 is 4.90 Å². The second kappa shape index (κ2) is 5.80. The number of nitriles is 1. The van der Waals surface area contributed by atoms with Crippen LogP contribution in [0.2, 0.25) is 0 Å². The Bertz CT molecular complexity index is 430. The topological polar surface area (TPSA) is 42.6 Å². The molecule has 0 aromatic heterocycles. The van der Waals surface area contributed by atoms with Crippen molar-refractivity contribution in [3.63, 3.8) is 0 Å². The van der Waals surface area contributed by atoms with Crippen LogP contribution in [-0.2, 0) is 0 Å². The summed E-state index contributed by atoms with van der Waals surface area (Å²) in [6.45, 7) is 3.61. The number of aliphatic imine (C=N–C) groups is 1. The van der Waals surface area contributed by atoms with Crippen molar-refractivity contribution < 1.29 is 0 Å². The van der Waals surface area contributed by atoms with Crippen LogP contribution >= 0.6 is 16.1 Å². The maximum atomic E-state index is 8.80. The highest BCUT2D eigenvalue weighted by Crippen LogP contribution is 2.11. The van der Waals surface area contributed by atoms with Crippen molar-refractivity contribution >= 4 is 22.0 Å². The van der Waals surface area contributed by atoms with Crippen LogP contribution in [0.15, 0.2) is 35.3 Å². The Kier molecular flexibility index (Phi) is 4.13. The molecule has 1 heterocycles. The van der Waals surface area contributed by atoms with Crippen molar-refractivity contribution in [3.05, 3.63) is 35.9 Å². The van der Waals surface area contributed by atoms with E-state index >= 15 is 0 Å². The fourth-order valence-electron chi connectivity index (χ4n) is 1.85. The van der Waals surface area contributed by atoms with Crippen LogP contribution in [0, 0.1) is 11.5 Å². The molecule has 88 valence electrons. The molecule has 0 spiro atoms. The lowest BCUT2D eigenvalue weighted by Crippen LogP contribution is -2.45. The van der Waals surface area contributed by atoms with Gasteiger partial charge in [0.1, 0.15) is 5.84 Å². The molecule has 0 bridgehead atoms. The Labute approximate surface area is 110 Å². The van der Waals surface area contributed by atoms with Gasteiger partial charge in [-0.1, -0.05) is 30.3 Å². The molecule has 0 saturated carbocycles. The van der Waals surface area contributed by atoms with Crippen molar-refractivity contribution in [2.24, 2.45) is 4.99 Å². The Balaban J connectivity index is 2.20. The minimum atomic E-state index is 0.772. The number of halogens is 1. The predicted molar refractivity (Wildman–Crippen MR) is 70.7 cm³/mol. The van der Waals surface area contributed by atoms with Gasteiger partial charge in [0.25, 0.3) is 0 Å². The maximum absolute atomic E-state index is 8.80. The first-order chi connectivity index (χ1) is 8.31. The van der Waals surface area contributed by atoms with E-state index in [-0.39, 0.29) is 0 Å². The molecule has 0 unspecified atom stereocenters. The van der Waals surface area contributed by atoms with Gasteiger partial charge >= 0.3 is 0 Å². The number of hydrogen-bond acceptors (Lipinski definition) is 3. The molecule has 0 N–H and O–H groups in total. The first-order valence-corrected chi connectivity index (χ1v) is 6.20. The number of hydrogen-bond donors (Lipinski definition) is 0. The Morgan fingerprint density at radius 2 is 1.82 bits per heavy atom. The zero-order valence-electron chi connectivity index (χ0n) is 9.38. The molecule has 17 heavy (non-hydrogen) atoms. The number of piperazine rings is 1. The first-order valence-electron chi connectivity index (χ1n) is 5.49. The zero-order valence-corrected chi connectivity index (χ0v) is 11.0. The molecule has 1 aliphatic heterocycles. The SMILES string of the molecule is N#CN=C(c1ccccc1)N1CCN(Br)CC1. The summed E-state index contributed by atoms with van der Waals surface area (Å²) in [7, 11) is 0. The van der Waals surface area contributed by atoms with Gasteiger partial charge in [0.2, 0.25) is 6.19 Å². The monoisotopic (exact) mass is 292 g/mol. The largest absolute Gasteiger partial charge is 0.353 e. The van der Waals surface area contributed by atoms with Crippen LogP contribution in [0.1, 0.15) is 5.56 Å². The van der Waals surface area contributed by atoms with Crippen molar-refractivity contribution in [1.82, 2.24) is 8.83 Å². The number of rotatable bonds is 1. The third-order valence-corrected chi connectivity index (χ3v) is 3.42. The van der Waals surface area contributed by atoms with Gasteiger partial charge in [-0.2, -0.15) is 10.3 Å². The summed E-state index contributed by atoms with van der Waals surface area (Å²) in [5.41, 5.74) is 0.997. The Hall–Kier alpha value is -1.38. The highest BCUT2D eigenvalue weighted by molar-refractivity contribution is 9.07. The van der Waals surface area contributed by atoms with Gasteiger partial charge in [0, 0.05) is 47.9 Å². The molecular weight excluding hydrogens is 280 g/mol. The molecule has 1 saturated heterocycles. The smallest absolute Gasteiger partial charge is 0.207 e. The molecule has 1 fully saturated rings. The lowest BCUT2D eigenvalue weighted by atomic mass is 10.2. The van der Waals surface area contributed by atoms with E-state index < -0.39 is 0 Å². The third-order valence-electron chi connectivity index (χ3n) is 2.71. The van der Waals surface area contributed by atoms with Crippen molar-refractivity contribution in [3.8, 4) is 6.19 Å². The molecule has 0 radical (unpaired) electrons. The van der Waals surface area contributed by atoms with E-state index in [4.69, 9.17) is 5.26 Å². The molecule has 1 aromatic carbocycles. The van der Waals surface area contributed by atoms with E-state index in [0.29, 0.717) is 0 Å². The fraction of sp³-hybridized carbons (Fsp3) is 0.333. The average Bonchev–Trinajstić information content (AvgIpc) is 2.38. The highest BCUT2D eigenvalue weighted by atomic mass is 79.9. The third kappa shape index (κ3) is 3.05. The summed E-state index contributed by atoms with van der Waals surface area (Å²) in [5, 5.41) is 8.80. The molecule has 5 heteroatoms. The fourth-order valence-corrected chi connectivity index (χ4v) is 2.16. The van der Waals surface area contributed by atoms with Gasteiger partial charge in [-0.15, -0.1) is 0 Å². The summed E-state index contributed by atoms with van der Waals surface area (Å²) < 4.78 is 2.10. The molecule has 1 aliphatic rings. The minimum Gasteiger partial charge on any atom is -0.353 e. The van der Waals surface area contributed by atoms with E-state index in [1.54, 1.807) is 0 Å². The molecule has 2 rings (SSSR count). The lowest BCUT2D eigenvalue weighted by molar-refractivity contribution is 0.289. The second-order valence-corrected chi connectivity index (χ2v) is 4.80. The average molecular weight is 293 g/mol. The molecule has 0 aliphatic carbocycles.